The van der Waals surface area contributed by atoms with Gasteiger partial charge in [0.1, 0.15) is 5.75 Å². The number of methoxy groups -OCH3 is 1. The number of benzene rings is 2. The normalized spacial score (nSPS) is 9.91. The van der Waals surface area contributed by atoms with Crippen molar-refractivity contribution >= 4 is 33.5 Å². The molecule has 1 amide bonds. The average Bonchev–Trinajstić information content (AvgIpc) is 2.52. The van der Waals surface area contributed by atoms with Crippen LogP contribution in [0.4, 0.5) is 5.69 Å². The Hall–Kier alpha value is -2.34. The summed E-state index contributed by atoms with van der Waals surface area (Å²) in [6.07, 6.45) is 0. The molecule has 2 aromatic rings. The van der Waals surface area contributed by atoms with Crippen LogP contribution in [0.5, 0.6) is 5.75 Å². The molecule has 5 nitrogen and oxygen atoms in total. The fraction of sp³-hybridized carbons (Fsp3) is 0.125. The Bertz CT molecular complexity index is 687. The van der Waals surface area contributed by atoms with E-state index in [0.29, 0.717) is 17.0 Å². The lowest BCUT2D eigenvalue weighted by atomic mass is 10.2. The summed E-state index contributed by atoms with van der Waals surface area (Å²) >= 11 is 3.27. The SMILES string of the molecule is COc1cccc(NC(=O)COC(=O)c2cccc(Br)c2)c1. The Morgan fingerprint density at radius 2 is 1.91 bits per heavy atom. The zero-order valence-corrected chi connectivity index (χ0v) is 13.4. The summed E-state index contributed by atoms with van der Waals surface area (Å²) in [7, 11) is 1.54. The zero-order chi connectivity index (χ0) is 15.9. The van der Waals surface area contributed by atoms with Crippen LogP contribution in [0.15, 0.2) is 53.0 Å². The number of hydrogen-bond donors (Lipinski definition) is 1. The fourth-order valence-electron chi connectivity index (χ4n) is 1.73. The van der Waals surface area contributed by atoms with E-state index in [9.17, 15) is 9.59 Å². The first kappa shape index (κ1) is 16.0. The summed E-state index contributed by atoms with van der Waals surface area (Å²) in [4.78, 5) is 23.6. The van der Waals surface area contributed by atoms with Crippen LogP contribution < -0.4 is 10.1 Å². The highest BCUT2D eigenvalue weighted by Crippen LogP contribution is 2.16. The van der Waals surface area contributed by atoms with E-state index < -0.39 is 11.9 Å². The van der Waals surface area contributed by atoms with E-state index in [4.69, 9.17) is 9.47 Å². The number of anilines is 1. The van der Waals surface area contributed by atoms with Crippen molar-refractivity contribution in [1.82, 2.24) is 0 Å². The molecule has 0 radical (unpaired) electrons. The number of ether oxygens (including phenoxy) is 2. The molecule has 2 rings (SSSR count). The lowest BCUT2D eigenvalue weighted by Gasteiger charge is -2.08. The molecule has 2 aromatic carbocycles. The first-order valence-corrected chi connectivity index (χ1v) is 7.24. The third-order valence-corrected chi connectivity index (χ3v) is 3.24. The van der Waals surface area contributed by atoms with Crippen molar-refractivity contribution < 1.29 is 19.1 Å². The first-order chi connectivity index (χ1) is 10.6. The van der Waals surface area contributed by atoms with Crippen molar-refractivity contribution in [1.29, 1.82) is 0 Å². The van der Waals surface area contributed by atoms with Gasteiger partial charge >= 0.3 is 5.97 Å². The minimum atomic E-state index is -0.554. The summed E-state index contributed by atoms with van der Waals surface area (Å²) in [5, 5.41) is 2.63. The Morgan fingerprint density at radius 1 is 1.14 bits per heavy atom. The maximum absolute atomic E-state index is 11.8. The highest BCUT2D eigenvalue weighted by atomic mass is 79.9. The highest BCUT2D eigenvalue weighted by Gasteiger charge is 2.10. The average molecular weight is 364 g/mol. The van der Waals surface area contributed by atoms with E-state index in [0.717, 1.165) is 4.47 Å². The molecular formula is C16H14BrNO4. The summed E-state index contributed by atoms with van der Waals surface area (Å²) in [6, 6.07) is 13.7. The van der Waals surface area contributed by atoms with Gasteiger partial charge in [0.2, 0.25) is 0 Å². The van der Waals surface area contributed by atoms with Crippen LogP contribution in [-0.4, -0.2) is 25.6 Å². The number of carbonyl (C=O) groups is 2. The van der Waals surface area contributed by atoms with Crippen molar-refractivity contribution in [3.05, 3.63) is 58.6 Å². The van der Waals surface area contributed by atoms with Gasteiger partial charge in [-0.2, -0.15) is 0 Å². The van der Waals surface area contributed by atoms with Crippen molar-refractivity contribution in [2.24, 2.45) is 0 Å². The largest absolute Gasteiger partial charge is 0.497 e. The predicted molar refractivity (Wildman–Crippen MR) is 86.0 cm³/mol. The number of esters is 1. The Morgan fingerprint density at radius 3 is 2.64 bits per heavy atom. The molecule has 6 heteroatoms. The molecule has 0 aromatic heterocycles. The quantitative estimate of drug-likeness (QED) is 0.828. The maximum Gasteiger partial charge on any atom is 0.338 e. The Balaban J connectivity index is 1.88. The van der Waals surface area contributed by atoms with Crippen LogP contribution in [0.1, 0.15) is 10.4 Å². The third kappa shape index (κ3) is 4.60. The van der Waals surface area contributed by atoms with Crippen molar-refractivity contribution in [3.8, 4) is 5.75 Å². The van der Waals surface area contributed by atoms with Crippen molar-refractivity contribution in [3.63, 3.8) is 0 Å². The van der Waals surface area contributed by atoms with Gasteiger partial charge in [0, 0.05) is 16.2 Å². The summed E-state index contributed by atoms with van der Waals surface area (Å²) in [5.41, 5.74) is 0.950. The van der Waals surface area contributed by atoms with Gasteiger partial charge in [-0.15, -0.1) is 0 Å². The predicted octanol–water partition coefficient (Wildman–Crippen LogP) is 3.25. The molecule has 0 spiro atoms. The second-order valence-corrected chi connectivity index (χ2v) is 5.28. The smallest absolute Gasteiger partial charge is 0.338 e. The molecule has 0 saturated carbocycles. The van der Waals surface area contributed by atoms with Gasteiger partial charge < -0.3 is 14.8 Å². The van der Waals surface area contributed by atoms with Gasteiger partial charge in [-0.25, -0.2) is 4.79 Å². The molecule has 114 valence electrons. The number of carbonyl (C=O) groups excluding carboxylic acids is 2. The fourth-order valence-corrected chi connectivity index (χ4v) is 2.13. The molecule has 0 atom stereocenters. The van der Waals surface area contributed by atoms with Crippen LogP contribution in [-0.2, 0) is 9.53 Å². The molecule has 1 N–H and O–H groups in total. The van der Waals surface area contributed by atoms with Gasteiger partial charge in [0.25, 0.3) is 5.91 Å². The maximum atomic E-state index is 11.8. The van der Waals surface area contributed by atoms with Crippen molar-refractivity contribution in [2.75, 3.05) is 19.0 Å². The van der Waals surface area contributed by atoms with Crippen LogP contribution in [0.25, 0.3) is 0 Å². The first-order valence-electron chi connectivity index (χ1n) is 6.45. The molecule has 0 aliphatic carbocycles. The van der Waals surface area contributed by atoms with E-state index in [2.05, 4.69) is 21.2 Å². The zero-order valence-electron chi connectivity index (χ0n) is 11.8. The van der Waals surface area contributed by atoms with Gasteiger partial charge in [0.15, 0.2) is 6.61 Å². The van der Waals surface area contributed by atoms with E-state index in [1.165, 1.54) is 0 Å². The molecule has 22 heavy (non-hydrogen) atoms. The molecule has 0 aliphatic rings. The molecule has 0 unspecified atom stereocenters. The van der Waals surface area contributed by atoms with Gasteiger partial charge in [-0.1, -0.05) is 28.1 Å². The van der Waals surface area contributed by atoms with E-state index >= 15 is 0 Å². The highest BCUT2D eigenvalue weighted by molar-refractivity contribution is 9.10. The van der Waals surface area contributed by atoms with E-state index in [-0.39, 0.29) is 6.61 Å². The van der Waals surface area contributed by atoms with Crippen LogP contribution >= 0.6 is 15.9 Å². The monoisotopic (exact) mass is 363 g/mol. The number of hydrogen-bond acceptors (Lipinski definition) is 4. The molecule has 0 aliphatic heterocycles. The van der Waals surface area contributed by atoms with Crippen LogP contribution in [0.2, 0.25) is 0 Å². The molecule has 0 bridgehead atoms. The number of rotatable bonds is 5. The number of halogens is 1. The topological polar surface area (TPSA) is 64.6 Å². The molecule has 0 fully saturated rings. The Kier molecular flexibility index (Phi) is 5.55. The standard InChI is InChI=1S/C16H14BrNO4/c1-21-14-7-3-6-13(9-14)18-15(19)10-22-16(20)11-4-2-5-12(17)8-11/h2-9H,10H2,1H3,(H,18,19). The Labute approximate surface area is 136 Å². The van der Waals surface area contributed by atoms with Crippen LogP contribution in [0.3, 0.4) is 0 Å². The number of amides is 1. The number of nitrogens with one attached hydrogen (secondary N) is 1. The summed E-state index contributed by atoms with van der Waals surface area (Å²) in [5.74, 6) is -0.345. The van der Waals surface area contributed by atoms with E-state index in [1.807, 2.05) is 0 Å². The summed E-state index contributed by atoms with van der Waals surface area (Å²) < 4.78 is 10.8. The minimum Gasteiger partial charge on any atom is -0.497 e. The third-order valence-electron chi connectivity index (χ3n) is 2.75. The summed E-state index contributed by atoms with van der Waals surface area (Å²) in [6.45, 7) is -0.359. The van der Waals surface area contributed by atoms with Gasteiger partial charge in [-0.05, 0) is 30.3 Å². The van der Waals surface area contributed by atoms with E-state index in [1.54, 1.807) is 55.6 Å². The van der Waals surface area contributed by atoms with Crippen LogP contribution in [0, 0.1) is 0 Å². The lowest BCUT2D eigenvalue weighted by molar-refractivity contribution is -0.119. The lowest BCUT2D eigenvalue weighted by Crippen LogP contribution is -2.20. The molecule has 0 saturated heterocycles. The second-order valence-electron chi connectivity index (χ2n) is 4.37. The minimum absolute atomic E-state index is 0.359. The second kappa shape index (κ2) is 7.61. The van der Waals surface area contributed by atoms with Gasteiger partial charge in [-0.3, -0.25) is 4.79 Å². The molecular weight excluding hydrogens is 350 g/mol. The molecule has 0 heterocycles. The van der Waals surface area contributed by atoms with Gasteiger partial charge in [0.05, 0.1) is 12.7 Å². The van der Waals surface area contributed by atoms with Crippen molar-refractivity contribution in [2.45, 2.75) is 0 Å².